The Morgan fingerprint density at radius 3 is 2.93 bits per heavy atom. The van der Waals surface area contributed by atoms with E-state index in [0.29, 0.717) is 13.1 Å². The number of carbonyl (C=O) groups excluding carboxylic acids is 1. The molecule has 0 aliphatic carbocycles. The Bertz CT molecular complexity index is 365. The number of hydrogen-bond donors (Lipinski definition) is 1. The van der Waals surface area contributed by atoms with Gasteiger partial charge < -0.3 is 15.0 Å². The molecule has 0 saturated carbocycles. The maximum absolute atomic E-state index is 11.7. The monoisotopic (exact) mass is 206 g/mol. The zero-order chi connectivity index (χ0) is 10.7. The van der Waals surface area contributed by atoms with Crippen molar-refractivity contribution in [2.45, 2.75) is 0 Å². The summed E-state index contributed by atoms with van der Waals surface area (Å²) in [5.74, 6) is 0.832. The lowest BCUT2D eigenvalue weighted by Gasteiger charge is -2.28. The van der Waals surface area contributed by atoms with E-state index in [9.17, 15) is 4.79 Å². The Morgan fingerprint density at radius 2 is 2.20 bits per heavy atom. The fraction of sp³-hybridized carbons (Fsp3) is 0.364. The van der Waals surface area contributed by atoms with Gasteiger partial charge in [-0.15, -0.1) is 0 Å². The minimum atomic E-state index is 0.0887. The zero-order valence-electron chi connectivity index (χ0n) is 8.69. The summed E-state index contributed by atoms with van der Waals surface area (Å²) in [6.07, 6.45) is 0. The van der Waals surface area contributed by atoms with Gasteiger partial charge in [-0.1, -0.05) is 12.1 Å². The number of amides is 1. The van der Waals surface area contributed by atoms with Crippen molar-refractivity contribution < 1.29 is 9.53 Å². The maximum atomic E-state index is 11.7. The summed E-state index contributed by atoms with van der Waals surface area (Å²) in [4.78, 5) is 13.4. The summed E-state index contributed by atoms with van der Waals surface area (Å²) in [5.41, 5.74) is 0.853. The van der Waals surface area contributed by atoms with Crippen molar-refractivity contribution >= 4 is 11.6 Å². The van der Waals surface area contributed by atoms with Gasteiger partial charge in [0.15, 0.2) is 0 Å². The van der Waals surface area contributed by atoms with E-state index < -0.39 is 0 Å². The van der Waals surface area contributed by atoms with Crippen molar-refractivity contribution in [3.8, 4) is 5.75 Å². The maximum Gasteiger partial charge on any atom is 0.241 e. The fourth-order valence-electron chi connectivity index (χ4n) is 1.71. The van der Waals surface area contributed by atoms with Gasteiger partial charge in [-0.3, -0.25) is 4.79 Å². The van der Waals surface area contributed by atoms with E-state index in [1.165, 1.54) is 0 Å². The Labute approximate surface area is 88.8 Å². The van der Waals surface area contributed by atoms with Gasteiger partial charge in [-0.25, -0.2) is 0 Å². The van der Waals surface area contributed by atoms with Crippen LogP contribution in [-0.2, 0) is 4.79 Å². The number of carbonyl (C=O) groups is 1. The summed E-state index contributed by atoms with van der Waals surface area (Å²) in [6.45, 7) is 1.92. The summed E-state index contributed by atoms with van der Waals surface area (Å²) >= 11 is 0. The summed E-state index contributed by atoms with van der Waals surface area (Å²) < 4.78 is 5.23. The standard InChI is InChI=1S/C11H14N2O2/c1-15-10-5-3-2-4-9(10)13-7-6-12-8-11(13)14/h2-5,12H,6-8H2,1H3. The van der Waals surface area contributed by atoms with Crippen LogP contribution in [0.4, 0.5) is 5.69 Å². The van der Waals surface area contributed by atoms with E-state index in [4.69, 9.17) is 4.74 Å². The minimum Gasteiger partial charge on any atom is -0.495 e. The SMILES string of the molecule is COc1ccccc1N1CCNCC1=O. The summed E-state index contributed by atoms with van der Waals surface area (Å²) in [5, 5.41) is 3.04. The van der Waals surface area contributed by atoms with E-state index in [1.807, 2.05) is 24.3 Å². The van der Waals surface area contributed by atoms with Crippen LogP contribution < -0.4 is 15.0 Å². The molecule has 4 nitrogen and oxygen atoms in total. The second kappa shape index (κ2) is 4.31. The largest absolute Gasteiger partial charge is 0.495 e. The molecule has 1 heterocycles. The number of methoxy groups -OCH3 is 1. The highest BCUT2D eigenvalue weighted by molar-refractivity contribution is 5.96. The molecule has 80 valence electrons. The fourth-order valence-corrected chi connectivity index (χ4v) is 1.71. The van der Waals surface area contributed by atoms with E-state index in [2.05, 4.69) is 5.32 Å². The summed E-state index contributed by atoms with van der Waals surface area (Å²) in [7, 11) is 1.62. The van der Waals surface area contributed by atoms with E-state index in [1.54, 1.807) is 12.0 Å². The lowest BCUT2D eigenvalue weighted by molar-refractivity contribution is -0.118. The molecule has 0 radical (unpaired) electrons. The van der Waals surface area contributed by atoms with E-state index in [0.717, 1.165) is 18.0 Å². The van der Waals surface area contributed by atoms with Crippen LogP contribution in [0.3, 0.4) is 0 Å². The van der Waals surface area contributed by atoms with Crippen LogP contribution in [0, 0.1) is 0 Å². The van der Waals surface area contributed by atoms with Crippen molar-refractivity contribution in [2.75, 3.05) is 31.6 Å². The van der Waals surface area contributed by atoms with Gasteiger partial charge >= 0.3 is 0 Å². The average Bonchev–Trinajstić information content (AvgIpc) is 2.30. The second-order valence-electron chi connectivity index (χ2n) is 3.39. The molecule has 1 saturated heterocycles. The number of nitrogens with one attached hydrogen (secondary N) is 1. The van der Waals surface area contributed by atoms with Crippen molar-refractivity contribution in [1.29, 1.82) is 0 Å². The molecule has 4 heteroatoms. The minimum absolute atomic E-state index is 0.0887. The topological polar surface area (TPSA) is 41.6 Å². The van der Waals surface area contributed by atoms with Gasteiger partial charge in [0.1, 0.15) is 5.75 Å². The molecular formula is C11H14N2O2. The first kappa shape index (κ1) is 9.98. The van der Waals surface area contributed by atoms with Gasteiger partial charge in [0.05, 0.1) is 19.3 Å². The highest BCUT2D eigenvalue weighted by Crippen LogP contribution is 2.27. The molecule has 15 heavy (non-hydrogen) atoms. The lowest BCUT2D eigenvalue weighted by atomic mass is 10.2. The van der Waals surface area contributed by atoms with Crippen molar-refractivity contribution in [3.63, 3.8) is 0 Å². The third kappa shape index (κ3) is 1.94. The molecule has 0 bridgehead atoms. The van der Waals surface area contributed by atoms with E-state index >= 15 is 0 Å². The number of benzene rings is 1. The molecule has 1 aliphatic heterocycles. The number of hydrogen-bond acceptors (Lipinski definition) is 3. The molecular weight excluding hydrogens is 192 g/mol. The Hall–Kier alpha value is -1.55. The Kier molecular flexibility index (Phi) is 2.87. The number of rotatable bonds is 2. The van der Waals surface area contributed by atoms with Crippen LogP contribution >= 0.6 is 0 Å². The number of nitrogens with zero attached hydrogens (tertiary/aromatic N) is 1. The molecule has 1 N–H and O–H groups in total. The van der Waals surface area contributed by atoms with Crippen LogP contribution in [0.1, 0.15) is 0 Å². The molecule has 0 aromatic heterocycles. The predicted molar refractivity (Wildman–Crippen MR) is 58.2 cm³/mol. The molecule has 2 rings (SSSR count). The van der Waals surface area contributed by atoms with Gasteiger partial charge in [0.25, 0.3) is 0 Å². The van der Waals surface area contributed by atoms with Crippen LogP contribution in [-0.4, -0.2) is 32.7 Å². The van der Waals surface area contributed by atoms with Crippen LogP contribution in [0.25, 0.3) is 0 Å². The van der Waals surface area contributed by atoms with Gasteiger partial charge in [-0.05, 0) is 12.1 Å². The quantitative estimate of drug-likeness (QED) is 0.771. The first-order valence-electron chi connectivity index (χ1n) is 4.97. The molecule has 1 aromatic carbocycles. The third-order valence-corrected chi connectivity index (χ3v) is 2.47. The summed E-state index contributed by atoms with van der Waals surface area (Å²) in [6, 6.07) is 7.58. The highest BCUT2D eigenvalue weighted by atomic mass is 16.5. The lowest BCUT2D eigenvalue weighted by Crippen LogP contribution is -2.48. The number of piperazine rings is 1. The van der Waals surface area contributed by atoms with Crippen molar-refractivity contribution in [2.24, 2.45) is 0 Å². The molecule has 0 spiro atoms. The first-order valence-corrected chi connectivity index (χ1v) is 4.97. The highest BCUT2D eigenvalue weighted by Gasteiger charge is 2.21. The number of para-hydroxylation sites is 2. The smallest absolute Gasteiger partial charge is 0.241 e. The van der Waals surface area contributed by atoms with Gasteiger partial charge in [0, 0.05) is 13.1 Å². The van der Waals surface area contributed by atoms with Crippen LogP contribution in [0.2, 0.25) is 0 Å². The normalized spacial score (nSPS) is 16.6. The second-order valence-corrected chi connectivity index (χ2v) is 3.39. The van der Waals surface area contributed by atoms with Gasteiger partial charge in [0.2, 0.25) is 5.91 Å². The van der Waals surface area contributed by atoms with Crippen LogP contribution in [0.5, 0.6) is 5.75 Å². The molecule has 1 aliphatic rings. The van der Waals surface area contributed by atoms with Crippen molar-refractivity contribution in [1.82, 2.24) is 5.32 Å². The average molecular weight is 206 g/mol. The number of ether oxygens (including phenoxy) is 1. The Balaban J connectivity index is 2.30. The van der Waals surface area contributed by atoms with Gasteiger partial charge in [-0.2, -0.15) is 0 Å². The molecule has 0 unspecified atom stereocenters. The molecule has 1 amide bonds. The van der Waals surface area contributed by atoms with E-state index in [-0.39, 0.29) is 5.91 Å². The first-order chi connectivity index (χ1) is 7.33. The Morgan fingerprint density at radius 1 is 1.40 bits per heavy atom. The predicted octanol–water partition coefficient (Wildman–Crippen LogP) is 0.631. The molecule has 0 atom stereocenters. The third-order valence-electron chi connectivity index (χ3n) is 2.47. The molecule has 1 fully saturated rings. The van der Waals surface area contributed by atoms with Crippen molar-refractivity contribution in [3.05, 3.63) is 24.3 Å². The number of anilines is 1. The molecule has 1 aromatic rings. The van der Waals surface area contributed by atoms with Crippen LogP contribution in [0.15, 0.2) is 24.3 Å². The zero-order valence-corrected chi connectivity index (χ0v) is 8.69.